The largest absolute Gasteiger partial charge is 0.496 e. The summed E-state index contributed by atoms with van der Waals surface area (Å²) in [6, 6.07) is 11.2. The van der Waals surface area contributed by atoms with Gasteiger partial charge in [0.25, 0.3) is 5.91 Å². The van der Waals surface area contributed by atoms with Gasteiger partial charge in [-0.2, -0.15) is 5.21 Å². The molecule has 0 aliphatic rings. The number of benzene rings is 2. The monoisotopic (exact) mass is 399 g/mol. The van der Waals surface area contributed by atoms with Crippen LogP contribution in [-0.2, 0) is 0 Å². The Kier molecular flexibility index (Phi) is 6.50. The molecule has 1 unspecified atom stereocenters. The number of hydrogen-bond acceptors (Lipinski definition) is 6. The van der Waals surface area contributed by atoms with Crippen molar-refractivity contribution in [2.45, 2.75) is 12.3 Å². The smallest absolute Gasteiger partial charge is 0.257 e. The van der Waals surface area contributed by atoms with Crippen LogP contribution >= 0.6 is 0 Å². The Bertz CT molecular complexity index is 947. The lowest BCUT2D eigenvalue weighted by atomic mass is 9.95. The number of nitrogens with one attached hydrogen (secondary N) is 1. The molecule has 1 aromatic heterocycles. The maximum Gasteiger partial charge on any atom is 0.257 e. The molecule has 0 saturated heterocycles. The summed E-state index contributed by atoms with van der Waals surface area (Å²) < 4.78 is 18.6. The van der Waals surface area contributed by atoms with Gasteiger partial charge in [0.2, 0.25) is 5.82 Å². The van der Waals surface area contributed by atoms with E-state index in [2.05, 4.69) is 20.6 Å². The molecule has 2 N–H and O–H groups in total. The lowest BCUT2D eigenvalue weighted by Gasteiger charge is -2.25. The van der Waals surface area contributed by atoms with Gasteiger partial charge >= 0.3 is 0 Å². The Balaban J connectivity index is 1.84. The van der Waals surface area contributed by atoms with Crippen molar-refractivity contribution in [2.75, 3.05) is 27.3 Å². The molecule has 2 aromatic carbocycles. The summed E-state index contributed by atoms with van der Waals surface area (Å²) in [5.41, 5.74) is 1.84. The van der Waals surface area contributed by atoms with E-state index >= 15 is 0 Å². The molecule has 3 rings (SSSR count). The van der Waals surface area contributed by atoms with Gasteiger partial charge in [0.05, 0.1) is 12.7 Å². The van der Waals surface area contributed by atoms with E-state index in [-0.39, 0.29) is 24.2 Å². The second-order valence-electron chi connectivity index (χ2n) is 6.60. The number of carbonyl (C=O) groups excluding carboxylic acids is 1. The average Bonchev–Trinajstić information content (AvgIpc) is 3.28. The van der Waals surface area contributed by atoms with Crippen molar-refractivity contribution >= 4 is 5.91 Å². The van der Waals surface area contributed by atoms with Crippen LogP contribution in [0, 0.1) is 5.82 Å². The molecule has 9 heteroatoms. The molecule has 3 aromatic rings. The van der Waals surface area contributed by atoms with Crippen molar-refractivity contribution in [3.8, 4) is 17.1 Å². The fourth-order valence-electron chi connectivity index (χ4n) is 3.17. The van der Waals surface area contributed by atoms with Gasteiger partial charge in [-0.1, -0.05) is 12.1 Å². The molecule has 0 aliphatic carbocycles. The molecule has 0 radical (unpaired) electrons. The van der Waals surface area contributed by atoms with E-state index in [4.69, 9.17) is 4.74 Å². The predicted molar refractivity (Wildman–Crippen MR) is 104 cm³/mol. The highest BCUT2D eigenvalue weighted by atomic mass is 19.1. The van der Waals surface area contributed by atoms with E-state index in [0.717, 1.165) is 5.56 Å². The highest BCUT2D eigenvalue weighted by Gasteiger charge is 2.22. The van der Waals surface area contributed by atoms with E-state index in [1.165, 1.54) is 19.2 Å². The molecule has 1 heterocycles. The van der Waals surface area contributed by atoms with Gasteiger partial charge < -0.3 is 14.7 Å². The zero-order valence-corrected chi connectivity index (χ0v) is 16.2. The third kappa shape index (κ3) is 4.75. The van der Waals surface area contributed by atoms with Gasteiger partial charge in [-0.05, 0) is 47.5 Å². The van der Waals surface area contributed by atoms with Crippen LogP contribution in [0.4, 0.5) is 4.39 Å². The average molecular weight is 399 g/mol. The second kappa shape index (κ2) is 9.24. The van der Waals surface area contributed by atoms with Crippen molar-refractivity contribution in [3.05, 3.63) is 59.4 Å². The number of tetrazole rings is 1. The SMILES string of the molecule is COc1ccc(-c2nn[nH]n2)cc1C(=O)N(C)CC(CCO)c1ccc(F)cc1. The molecule has 1 atom stereocenters. The molecule has 0 fully saturated rings. The number of aliphatic hydroxyl groups is 1. The summed E-state index contributed by atoms with van der Waals surface area (Å²) in [6.45, 7) is 0.307. The van der Waals surface area contributed by atoms with Crippen LogP contribution in [0.5, 0.6) is 5.75 Å². The molecular formula is C20H22FN5O3. The minimum absolute atomic E-state index is 0.0410. The van der Waals surface area contributed by atoms with Crippen molar-refractivity contribution in [3.63, 3.8) is 0 Å². The number of aliphatic hydroxyl groups excluding tert-OH is 1. The fraction of sp³-hybridized carbons (Fsp3) is 0.300. The second-order valence-corrected chi connectivity index (χ2v) is 6.60. The molecule has 0 spiro atoms. The lowest BCUT2D eigenvalue weighted by Crippen LogP contribution is -2.31. The number of aromatic amines is 1. The van der Waals surface area contributed by atoms with Crippen LogP contribution < -0.4 is 4.74 Å². The standard InChI is InChI=1S/C20H22FN5O3/c1-26(12-15(9-10-27)13-3-6-16(21)7-4-13)20(28)17-11-14(5-8-18(17)29-2)19-22-24-25-23-19/h3-8,11,15,27H,9-10,12H2,1-2H3,(H,22,23,24,25). The third-order valence-electron chi connectivity index (χ3n) is 4.69. The minimum atomic E-state index is -0.330. The Labute approximate surface area is 167 Å². The Morgan fingerprint density at radius 1 is 1.28 bits per heavy atom. The van der Waals surface area contributed by atoms with Crippen LogP contribution in [0.2, 0.25) is 0 Å². The number of rotatable bonds is 8. The summed E-state index contributed by atoms with van der Waals surface area (Å²) >= 11 is 0. The summed E-state index contributed by atoms with van der Waals surface area (Å²) in [5.74, 6) is 0.0746. The van der Waals surface area contributed by atoms with Crippen LogP contribution in [-0.4, -0.2) is 63.8 Å². The Morgan fingerprint density at radius 2 is 2.03 bits per heavy atom. The summed E-state index contributed by atoms with van der Waals surface area (Å²) in [7, 11) is 3.17. The maximum absolute atomic E-state index is 13.2. The number of nitrogens with zero attached hydrogens (tertiary/aromatic N) is 4. The molecule has 152 valence electrons. The zero-order valence-electron chi connectivity index (χ0n) is 16.2. The van der Waals surface area contributed by atoms with Crippen LogP contribution in [0.3, 0.4) is 0 Å². The highest BCUT2D eigenvalue weighted by Crippen LogP contribution is 2.27. The Hall–Kier alpha value is -3.33. The number of amides is 1. The van der Waals surface area contributed by atoms with E-state index in [1.807, 2.05) is 0 Å². The van der Waals surface area contributed by atoms with Gasteiger partial charge in [-0.3, -0.25) is 4.79 Å². The van der Waals surface area contributed by atoms with E-state index < -0.39 is 0 Å². The fourth-order valence-corrected chi connectivity index (χ4v) is 3.17. The van der Waals surface area contributed by atoms with Gasteiger partial charge in [-0.25, -0.2) is 4.39 Å². The van der Waals surface area contributed by atoms with Gasteiger partial charge in [0.1, 0.15) is 11.6 Å². The number of carbonyl (C=O) groups is 1. The molecule has 0 aliphatic heterocycles. The first-order valence-corrected chi connectivity index (χ1v) is 9.07. The number of halogens is 1. The normalized spacial score (nSPS) is 11.9. The lowest BCUT2D eigenvalue weighted by molar-refractivity contribution is 0.0777. The van der Waals surface area contributed by atoms with E-state index in [1.54, 1.807) is 42.3 Å². The number of likely N-dealkylation sites (N-methyl/N-ethyl adjacent to an activating group) is 1. The quantitative estimate of drug-likeness (QED) is 0.602. The number of ether oxygens (including phenoxy) is 1. The van der Waals surface area contributed by atoms with Crippen LogP contribution in [0.15, 0.2) is 42.5 Å². The topological polar surface area (TPSA) is 104 Å². The predicted octanol–water partition coefficient (Wildman–Crippen LogP) is 2.25. The zero-order chi connectivity index (χ0) is 20.8. The third-order valence-corrected chi connectivity index (χ3v) is 4.69. The number of aromatic nitrogens is 4. The molecule has 0 saturated carbocycles. The summed E-state index contributed by atoms with van der Waals surface area (Å²) in [5, 5.41) is 23.2. The molecule has 29 heavy (non-hydrogen) atoms. The van der Waals surface area contributed by atoms with Crippen molar-refractivity contribution < 1.29 is 19.0 Å². The van der Waals surface area contributed by atoms with E-state index in [9.17, 15) is 14.3 Å². The van der Waals surface area contributed by atoms with Gasteiger partial charge in [0, 0.05) is 31.7 Å². The minimum Gasteiger partial charge on any atom is -0.496 e. The maximum atomic E-state index is 13.2. The first kappa shape index (κ1) is 20.4. The summed E-state index contributed by atoms with van der Waals surface area (Å²) in [4.78, 5) is 14.7. The van der Waals surface area contributed by atoms with Crippen LogP contribution in [0.25, 0.3) is 11.4 Å². The first-order valence-electron chi connectivity index (χ1n) is 9.07. The number of methoxy groups -OCH3 is 1. The van der Waals surface area contributed by atoms with Crippen molar-refractivity contribution in [2.24, 2.45) is 0 Å². The Morgan fingerprint density at radius 3 is 2.66 bits per heavy atom. The molecule has 1 amide bonds. The first-order chi connectivity index (χ1) is 14.0. The van der Waals surface area contributed by atoms with Crippen LogP contribution in [0.1, 0.15) is 28.3 Å². The van der Waals surface area contributed by atoms with E-state index in [0.29, 0.717) is 35.7 Å². The molecule has 8 nitrogen and oxygen atoms in total. The number of H-pyrrole nitrogens is 1. The van der Waals surface area contributed by atoms with Crippen molar-refractivity contribution in [1.82, 2.24) is 25.5 Å². The molecule has 0 bridgehead atoms. The highest BCUT2D eigenvalue weighted by molar-refractivity contribution is 5.98. The van der Waals surface area contributed by atoms with Gasteiger partial charge in [-0.15, -0.1) is 10.2 Å². The summed E-state index contributed by atoms with van der Waals surface area (Å²) in [6.07, 6.45) is 0.448. The number of hydrogen-bond donors (Lipinski definition) is 2. The van der Waals surface area contributed by atoms with Crippen molar-refractivity contribution in [1.29, 1.82) is 0 Å². The molecular weight excluding hydrogens is 377 g/mol. The van der Waals surface area contributed by atoms with Gasteiger partial charge in [0.15, 0.2) is 0 Å².